The van der Waals surface area contributed by atoms with Gasteiger partial charge in [0, 0.05) is 24.5 Å². The predicted molar refractivity (Wildman–Crippen MR) is 61.8 cm³/mol. The number of aromatic nitrogens is 2. The molecule has 0 atom stereocenters. The number of hydrogen-bond acceptors (Lipinski definition) is 6. The summed E-state index contributed by atoms with van der Waals surface area (Å²) in [7, 11) is 0. The summed E-state index contributed by atoms with van der Waals surface area (Å²) in [6.07, 6.45) is 4.88. The van der Waals surface area contributed by atoms with Gasteiger partial charge in [0.25, 0.3) is 11.4 Å². The molecule has 0 aliphatic rings. The molecule has 0 radical (unpaired) electrons. The minimum Gasteiger partial charge on any atom is -0.258 e. The fraction of sp³-hybridized carbons (Fsp3) is 0. The summed E-state index contributed by atoms with van der Waals surface area (Å²) in [5.74, 6) is 0. The highest BCUT2D eigenvalue weighted by Gasteiger charge is 2.11. The molecule has 0 aliphatic carbocycles. The van der Waals surface area contributed by atoms with Gasteiger partial charge in [-0.05, 0) is 12.1 Å². The van der Waals surface area contributed by atoms with Crippen LogP contribution >= 0.6 is 0 Å². The fourth-order valence-electron chi connectivity index (χ4n) is 0.973. The lowest BCUT2D eigenvalue weighted by Crippen LogP contribution is -1.91. The number of nitrogens with zero attached hydrogens (tertiary/aromatic N) is 4. The second-order valence-corrected chi connectivity index (χ2v) is 2.94. The molecule has 8 nitrogen and oxygen atoms in total. The third kappa shape index (κ3) is 4.31. The normalized spacial score (nSPS) is 8.89. The van der Waals surface area contributed by atoms with Gasteiger partial charge in [-0.1, -0.05) is 0 Å². The first kappa shape index (κ1) is 13.2. The van der Waals surface area contributed by atoms with Gasteiger partial charge in [0.15, 0.2) is 0 Å². The lowest BCUT2D eigenvalue weighted by Gasteiger charge is -1.90. The Morgan fingerprint density at radius 2 is 1.39 bits per heavy atom. The molecule has 1 aromatic heterocycles. The molecule has 0 N–H and O–H groups in total. The maximum Gasteiger partial charge on any atom is 0.276 e. The van der Waals surface area contributed by atoms with E-state index in [1.807, 2.05) is 0 Å². The van der Waals surface area contributed by atoms with Gasteiger partial charge in [-0.15, -0.1) is 0 Å². The largest absolute Gasteiger partial charge is 0.276 e. The number of benzene rings is 1. The van der Waals surface area contributed by atoms with Crippen molar-refractivity contribution in [1.82, 2.24) is 9.97 Å². The van der Waals surface area contributed by atoms with E-state index >= 15 is 0 Å². The van der Waals surface area contributed by atoms with Gasteiger partial charge in [0.2, 0.25) is 0 Å². The average molecular weight is 248 g/mol. The van der Waals surface area contributed by atoms with Crippen molar-refractivity contribution in [2.45, 2.75) is 0 Å². The van der Waals surface area contributed by atoms with Crippen molar-refractivity contribution in [1.29, 1.82) is 0 Å². The van der Waals surface area contributed by atoms with E-state index in [0.717, 1.165) is 6.07 Å². The van der Waals surface area contributed by atoms with Gasteiger partial charge in [-0.2, -0.15) is 0 Å². The van der Waals surface area contributed by atoms with Crippen LogP contribution in [0.3, 0.4) is 0 Å². The van der Waals surface area contributed by atoms with E-state index in [0.29, 0.717) is 0 Å². The molecule has 0 saturated carbocycles. The Labute approximate surface area is 101 Å². The Kier molecular flexibility index (Phi) is 4.85. The summed E-state index contributed by atoms with van der Waals surface area (Å²) in [5.41, 5.74) is -0.548. The van der Waals surface area contributed by atoms with Gasteiger partial charge in [-0.3, -0.25) is 20.2 Å². The molecule has 0 amide bonds. The van der Waals surface area contributed by atoms with E-state index in [4.69, 9.17) is 0 Å². The molecule has 2 aromatic rings. The molecule has 2 rings (SSSR count). The summed E-state index contributed by atoms with van der Waals surface area (Å²) in [4.78, 5) is 26.3. The number of nitro groups is 2. The maximum absolute atomic E-state index is 10.2. The zero-order chi connectivity index (χ0) is 13.4. The molecule has 0 bridgehead atoms. The van der Waals surface area contributed by atoms with Crippen molar-refractivity contribution in [3.05, 3.63) is 69.3 Å². The third-order valence-corrected chi connectivity index (χ3v) is 1.73. The van der Waals surface area contributed by atoms with E-state index in [-0.39, 0.29) is 11.4 Å². The lowest BCUT2D eigenvalue weighted by molar-refractivity contribution is -0.394. The number of non-ortho nitro benzene ring substituents is 2. The van der Waals surface area contributed by atoms with Crippen molar-refractivity contribution in [2.24, 2.45) is 0 Å². The highest BCUT2D eigenvalue weighted by Crippen LogP contribution is 2.18. The molecular formula is C10H8N4O4. The summed E-state index contributed by atoms with van der Waals surface area (Å²) in [6.45, 7) is 0. The minimum atomic E-state index is -0.674. The topological polar surface area (TPSA) is 112 Å². The molecule has 0 saturated heterocycles. The van der Waals surface area contributed by atoms with E-state index in [1.54, 1.807) is 18.5 Å². The van der Waals surface area contributed by atoms with E-state index < -0.39 is 9.85 Å². The summed E-state index contributed by atoms with van der Waals surface area (Å²) in [6, 6.07) is 6.37. The van der Waals surface area contributed by atoms with E-state index in [9.17, 15) is 20.2 Å². The van der Waals surface area contributed by atoms with Crippen LogP contribution in [0, 0.1) is 20.2 Å². The molecule has 0 fully saturated rings. The highest BCUT2D eigenvalue weighted by atomic mass is 16.6. The summed E-state index contributed by atoms with van der Waals surface area (Å²) >= 11 is 0. The Bertz CT molecular complexity index is 476. The van der Waals surface area contributed by atoms with Crippen LogP contribution in [0.25, 0.3) is 0 Å². The molecule has 18 heavy (non-hydrogen) atoms. The van der Waals surface area contributed by atoms with Crippen LogP contribution in [0.15, 0.2) is 49.1 Å². The van der Waals surface area contributed by atoms with Crippen molar-refractivity contribution in [2.75, 3.05) is 0 Å². The van der Waals surface area contributed by atoms with Gasteiger partial charge in [-0.25, -0.2) is 9.97 Å². The Morgan fingerprint density at radius 1 is 0.889 bits per heavy atom. The van der Waals surface area contributed by atoms with Crippen LogP contribution < -0.4 is 0 Å². The second-order valence-electron chi connectivity index (χ2n) is 2.94. The minimum absolute atomic E-state index is 0.274. The molecule has 8 heteroatoms. The lowest BCUT2D eigenvalue weighted by atomic mass is 10.3. The van der Waals surface area contributed by atoms with Gasteiger partial charge in [0.05, 0.1) is 15.9 Å². The van der Waals surface area contributed by atoms with Crippen LogP contribution in [0.4, 0.5) is 11.4 Å². The van der Waals surface area contributed by atoms with Crippen LogP contribution in [-0.4, -0.2) is 19.8 Å². The molecular weight excluding hydrogens is 240 g/mol. The Morgan fingerprint density at radius 3 is 1.67 bits per heavy atom. The quantitative estimate of drug-likeness (QED) is 0.593. The second kappa shape index (κ2) is 6.63. The molecule has 0 spiro atoms. The molecule has 0 aliphatic heterocycles. The first-order chi connectivity index (χ1) is 8.61. The van der Waals surface area contributed by atoms with Crippen molar-refractivity contribution < 1.29 is 9.85 Å². The van der Waals surface area contributed by atoms with Gasteiger partial charge in [0.1, 0.15) is 6.33 Å². The first-order valence-corrected chi connectivity index (χ1v) is 4.70. The van der Waals surface area contributed by atoms with Crippen molar-refractivity contribution >= 4 is 11.4 Å². The number of rotatable bonds is 2. The standard InChI is InChI=1S/C6H4N2O4.C4H4N2/c9-7(10)5-2-1-3-6(4-5)8(11)12;1-2-5-4-6-3-1/h1-4H;1-4H. The molecule has 1 aromatic carbocycles. The zero-order valence-corrected chi connectivity index (χ0v) is 9.04. The highest BCUT2D eigenvalue weighted by molar-refractivity contribution is 5.42. The summed E-state index contributed by atoms with van der Waals surface area (Å²) < 4.78 is 0. The molecule has 1 heterocycles. The maximum atomic E-state index is 10.2. The monoisotopic (exact) mass is 248 g/mol. The SMILES string of the molecule is O=[N+]([O-])c1cccc([N+](=O)[O-])c1.c1cncnc1. The molecule has 0 unspecified atom stereocenters. The average Bonchev–Trinajstić information content (AvgIpc) is 2.41. The Hall–Kier alpha value is -2.90. The zero-order valence-electron chi connectivity index (χ0n) is 9.04. The van der Waals surface area contributed by atoms with Crippen LogP contribution in [0.1, 0.15) is 0 Å². The third-order valence-electron chi connectivity index (χ3n) is 1.73. The number of hydrogen-bond donors (Lipinski definition) is 0. The first-order valence-electron chi connectivity index (χ1n) is 4.70. The van der Waals surface area contributed by atoms with Gasteiger partial charge >= 0.3 is 0 Å². The van der Waals surface area contributed by atoms with Crippen LogP contribution in [0.5, 0.6) is 0 Å². The van der Waals surface area contributed by atoms with Crippen LogP contribution in [0.2, 0.25) is 0 Å². The smallest absolute Gasteiger partial charge is 0.258 e. The van der Waals surface area contributed by atoms with Crippen molar-refractivity contribution in [3.8, 4) is 0 Å². The Balaban J connectivity index is 0.000000225. The summed E-state index contributed by atoms with van der Waals surface area (Å²) in [5, 5.41) is 20.3. The predicted octanol–water partition coefficient (Wildman–Crippen LogP) is 1.98. The van der Waals surface area contributed by atoms with Gasteiger partial charge < -0.3 is 0 Å². The van der Waals surface area contributed by atoms with E-state index in [1.165, 1.54) is 24.5 Å². The fourth-order valence-corrected chi connectivity index (χ4v) is 0.973. The van der Waals surface area contributed by atoms with Crippen molar-refractivity contribution in [3.63, 3.8) is 0 Å². The van der Waals surface area contributed by atoms with Crippen LogP contribution in [-0.2, 0) is 0 Å². The van der Waals surface area contributed by atoms with E-state index in [2.05, 4.69) is 9.97 Å². The molecule has 92 valence electrons. The number of nitro benzene ring substituents is 2.